The molecule has 0 saturated carbocycles. The highest BCUT2D eigenvalue weighted by Gasteiger charge is 2.30. The van der Waals surface area contributed by atoms with Gasteiger partial charge in [-0.25, -0.2) is 26.3 Å². The molecule has 2 N–H and O–H groups in total. The highest BCUT2D eigenvalue weighted by atomic mass is 79.9. The van der Waals surface area contributed by atoms with Crippen molar-refractivity contribution in [3.63, 3.8) is 0 Å². The van der Waals surface area contributed by atoms with Crippen molar-refractivity contribution >= 4 is 26.0 Å². The second-order valence-corrected chi connectivity index (χ2v) is 6.04. The molecule has 4 nitrogen and oxygen atoms in total. The van der Waals surface area contributed by atoms with Gasteiger partial charge < -0.3 is 5.11 Å². The fourth-order valence-corrected chi connectivity index (χ4v) is 2.30. The van der Waals surface area contributed by atoms with E-state index in [2.05, 4.69) is 15.9 Å². The van der Waals surface area contributed by atoms with Crippen molar-refractivity contribution in [3.05, 3.63) is 28.5 Å². The zero-order chi connectivity index (χ0) is 14.0. The first-order valence-electron chi connectivity index (χ1n) is 4.61. The van der Waals surface area contributed by atoms with Gasteiger partial charge >= 0.3 is 0 Å². The van der Waals surface area contributed by atoms with Crippen molar-refractivity contribution in [2.75, 3.05) is 13.2 Å². The van der Waals surface area contributed by atoms with Gasteiger partial charge in [-0.3, -0.25) is 0 Å². The van der Waals surface area contributed by atoms with Crippen molar-refractivity contribution in [3.8, 4) is 0 Å². The Hall–Kier alpha value is -0.640. The van der Waals surface area contributed by atoms with Gasteiger partial charge in [0.2, 0.25) is 10.0 Å². The van der Waals surface area contributed by atoms with E-state index in [1.54, 1.807) is 4.72 Å². The van der Waals surface area contributed by atoms with Crippen molar-refractivity contribution < 1.29 is 26.7 Å². The van der Waals surface area contributed by atoms with Gasteiger partial charge in [0, 0.05) is 0 Å². The largest absolute Gasteiger partial charge is 0.390 e. The van der Waals surface area contributed by atoms with E-state index in [0.29, 0.717) is 6.07 Å². The predicted octanol–water partition coefficient (Wildman–Crippen LogP) is 1.49. The third-order valence-electron chi connectivity index (χ3n) is 1.95. The number of aliphatic hydroxyl groups is 1. The molecular formula is C9H9BrF3NO3S. The fraction of sp³-hybridized carbons (Fsp3) is 0.333. The Morgan fingerprint density at radius 3 is 2.50 bits per heavy atom. The van der Waals surface area contributed by atoms with Gasteiger partial charge in [-0.1, -0.05) is 0 Å². The van der Waals surface area contributed by atoms with Crippen LogP contribution in [0.15, 0.2) is 27.6 Å². The number of hydrogen-bond donors (Lipinski definition) is 2. The van der Waals surface area contributed by atoms with Gasteiger partial charge in [-0.05, 0) is 34.1 Å². The number of rotatable bonds is 5. The summed E-state index contributed by atoms with van der Waals surface area (Å²) in [6.07, 6.45) is 0. The van der Waals surface area contributed by atoms with Crippen LogP contribution < -0.4 is 4.72 Å². The molecule has 0 atom stereocenters. The normalized spacial score (nSPS) is 12.7. The van der Waals surface area contributed by atoms with Gasteiger partial charge in [-0.15, -0.1) is 0 Å². The summed E-state index contributed by atoms with van der Waals surface area (Å²) in [6.45, 7) is -2.74. The lowest BCUT2D eigenvalue weighted by atomic mass is 10.3. The van der Waals surface area contributed by atoms with Gasteiger partial charge in [-0.2, -0.15) is 0 Å². The van der Waals surface area contributed by atoms with Crippen LogP contribution in [0.25, 0.3) is 0 Å². The summed E-state index contributed by atoms with van der Waals surface area (Å²) in [5.74, 6) is -4.40. The third-order valence-corrected chi connectivity index (χ3v) is 4.00. The molecular weight excluding hydrogens is 339 g/mol. The molecule has 0 heterocycles. The van der Waals surface area contributed by atoms with Crippen molar-refractivity contribution in [1.29, 1.82) is 0 Å². The number of benzene rings is 1. The van der Waals surface area contributed by atoms with E-state index in [1.165, 1.54) is 0 Å². The van der Waals surface area contributed by atoms with E-state index in [1.807, 2.05) is 0 Å². The summed E-state index contributed by atoms with van der Waals surface area (Å²) in [4.78, 5) is -0.475. The monoisotopic (exact) mass is 347 g/mol. The first-order chi connectivity index (χ1) is 8.18. The molecule has 0 aliphatic carbocycles. The topological polar surface area (TPSA) is 66.4 Å². The molecule has 1 aromatic rings. The van der Waals surface area contributed by atoms with E-state index in [0.717, 1.165) is 12.1 Å². The van der Waals surface area contributed by atoms with E-state index >= 15 is 0 Å². The smallest absolute Gasteiger partial charge is 0.283 e. The number of aliphatic hydroxyl groups excluding tert-OH is 1. The lowest BCUT2D eigenvalue weighted by molar-refractivity contribution is -0.0437. The van der Waals surface area contributed by atoms with Crippen LogP contribution in [0.3, 0.4) is 0 Å². The Morgan fingerprint density at radius 1 is 1.39 bits per heavy atom. The quantitative estimate of drug-likeness (QED) is 0.848. The molecule has 102 valence electrons. The number of sulfonamides is 1. The molecule has 18 heavy (non-hydrogen) atoms. The summed E-state index contributed by atoms with van der Waals surface area (Å²) in [5.41, 5.74) is 0. The maximum atomic E-state index is 13.1. The minimum absolute atomic E-state index is 0.0575. The first kappa shape index (κ1) is 15.4. The molecule has 0 aliphatic heterocycles. The lowest BCUT2D eigenvalue weighted by Gasteiger charge is -2.14. The summed E-state index contributed by atoms with van der Waals surface area (Å²) in [7, 11) is -4.24. The number of alkyl halides is 2. The van der Waals surface area contributed by atoms with E-state index in [-0.39, 0.29) is 4.47 Å². The Bertz CT molecular complexity index is 536. The van der Waals surface area contributed by atoms with Gasteiger partial charge in [0.25, 0.3) is 5.92 Å². The maximum Gasteiger partial charge on any atom is 0.283 e. The van der Waals surface area contributed by atoms with Crippen LogP contribution in [0.1, 0.15) is 0 Å². The molecule has 0 amide bonds. The summed E-state index contributed by atoms with van der Waals surface area (Å²) in [6, 6.07) is 2.91. The molecule has 0 fully saturated rings. The fourth-order valence-electron chi connectivity index (χ4n) is 0.984. The minimum atomic E-state index is -4.24. The Morgan fingerprint density at radius 2 is 2.00 bits per heavy atom. The van der Waals surface area contributed by atoms with Crippen LogP contribution in [0, 0.1) is 5.82 Å². The van der Waals surface area contributed by atoms with Crippen molar-refractivity contribution in [1.82, 2.24) is 4.72 Å². The molecule has 0 bridgehead atoms. The molecule has 0 radical (unpaired) electrons. The minimum Gasteiger partial charge on any atom is -0.390 e. The third kappa shape index (κ3) is 3.94. The van der Waals surface area contributed by atoms with Crippen LogP contribution in [-0.4, -0.2) is 32.6 Å². The first-order valence-corrected chi connectivity index (χ1v) is 6.89. The predicted molar refractivity (Wildman–Crippen MR) is 61.3 cm³/mol. The van der Waals surface area contributed by atoms with Crippen LogP contribution in [-0.2, 0) is 10.0 Å². The van der Waals surface area contributed by atoms with E-state index < -0.39 is 39.8 Å². The SMILES string of the molecule is O=S(=O)(NCC(F)(F)CO)c1ccc(Br)c(F)c1. The molecule has 1 aromatic carbocycles. The molecule has 0 unspecified atom stereocenters. The summed E-state index contributed by atoms with van der Waals surface area (Å²) in [5, 5.41) is 8.29. The zero-order valence-corrected chi connectivity index (χ0v) is 11.2. The molecule has 0 saturated heterocycles. The average molecular weight is 348 g/mol. The van der Waals surface area contributed by atoms with E-state index in [4.69, 9.17) is 5.11 Å². The highest BCUT2D eigenvalue weighted by molar-refractivity contribution is 9.10. The average Bonchev–Trinajstić information content (AvgIpc) is 2.30. The second-order valence-electron chi connectivity index (χ2n) is 3.41. The lowest BCUT2D eigenvalue weighted by Crippen LogP contribution is -2.38. The van der Waals surface area contributed by atoms with Crippen molar-refractivity contribution in [2.24, 2.45) is 0 Å². The number of hydrogen-bond acceptors (Lipinski definition) is 3. The van der Waals surface area contributed by atoms with Gasteiger partial charge in [0.1, 0.15) is 12.4 Å². The van der Waals surface area contributed by atoms with Crippen LogP contribution in [0.5, 0.6) is 0 Å². The zero-order valence-electron chi connectivity index (χ0n) is 8.83. The second kappa shape index (κ2) is 5.55. The molecule has 0 aliphatic rings. The van der Waals surface area contributed by atoms with Gasteiger partial charge in [0.15, 0.2) is 0 Å². The van der Waals surface area contributed by atoms with Crippen LogP contribution >= 0.6 is 15.9 Å². The molecule has 1 rings (SSSR count). The number of halogens is 4. The van der Waals surface area contributed by atoms with Gasteiger partial charge in [0.05, 0.1) is 15.9 Å². The number of nitrogens with one attached hydrogen (secondary N) is 1. The molecule has 0 spiro atoms. The summed E-state index contributed by atoms with van der Waals surface area (Å²) >= 11 is 2.83. The summed E-state index contributed by atoms with van der Waals surface area (Å²) < 4.78 is 63.2. The Kier molecular flexibility index (Phi) is 4.76. The Labute approximate surface area is 110 Å². The highest BCUT2D eigenvalue weighted by Crippen LogP contribution is 2.20. The van der Waals surface area contributed by atoms with Crippen molar-refractivity contribution in [2.45, 2.75) is 10.8 Å². The van der Waals surface area contributed by atoms with E-state index in [9.17, 15) is 21.6 Å². The maximum absolute atomic E-state index is 13.1. The molecule has 9 heteroatoms. The van der Waals surface area contributed by atoms with Crippen LogP contribution in [0.2, 0.25) is 0 Å². The Balaban J connectivity index is 2.90. The standard InChI is InChI=1S/C9H9BrF3NO3S/c10-7-2-1-6(3-8(7)11)18(16,17)14-4-9(12,13)5-15/h1-3,14-15H,4-5H2. The molecule has 0 aromatic heterocycles. The van der Waals surface area contributed by atoms with Crippen LogP contribution in [0.4, 0.5) is 13.2 Å².